The van der Waals surface area contributed by atoms with E-state index in [1.165, 1.54) is 27.5 Å². The molecule has 2 fully saturated rings. The highest BCUT2D eigenvalue weighted by Crippen LogP contribution is 2.33. The van der Waals surface area contributed by atoms with Crippen LogP contribution in [-0.4, -0.2) is 76.5 Å². The molecule has 11 heteroatoms. The summed E-state index contributed by atoms with van der Waals surface area (Å²) in [6, 6.07) is 25.4. The van der Waals surface area contributed by atoms with Crippen LogP contribution in [0, 0.1) is 0 Å². The van der Waals surface area contributed by atoms with Crippen molar-refractivity contribution in [3.63, 3.8) is 0 Å². The molecule has 4 aromatic rings. The molecular weight excluding hydrogens is 592 g/mol. The molecule has 2 aliphatic rings. The number of carbonyl (C=O) groups is 3. The van der Waals surface area contributed by atoms with Gasteiger partial charge in [0.05, 0.1) is 18.3 Å². The van der Waals surface area contributed by atoms with Crippen molar-refractivity contribution in [2.75, 3.05) is 13.1 Å². The van der Waals surface area contributed by atoms with Crippen LogP contribution in [0.15, 0.2) is 103 Å². The second kappa shape index (κ2) is 12.6. The Hall–Kier alpha value is -4.87. The van der Waals surface area contributed by atoms with Gasteiger partial charge in [-0.2, -0.15) is 4.31 Å². The summed E-state index contributed by atoms with van der Waals surface area (Å²) in [6.07, 6.45) is 1.92. The second-order valence-corrected chi connectivity index (χ2v) is 13.2. The summed E-state index contributed by atoms with van der Waals surface area (Å²) >= 11 is 0. The summed E-state index contributed by atoms with van der Waals surface area (Å²) in [4.78, 5) is 46.3. The average Bonchev–Trinajstić information content (AvgIpc) is 3.63. The Labute approximate surface area is 261 Å². The van der Waals surface area contributed by atoms with E-state index in [4.69, 9.17) is 0 Å². The number of Topliss-reactive ketones (excluding diaryl/α,β-unsaturated/α-hetero) is 1. The molecule has 0 saturated carbocycles. The lowest BCUT2D eigenvalue weighted by Crippen LogP contribution is -2.53. The Bertz CT molecular complexity index is 1800. The summed E-state index contributed by atoms with van der Waals surface area (Å²) in [5.74, 6) is -1.57. The molecule has 0 aliphatic carbocycles. The van der Waals surface area contributed by atoms with Gasteiger partial charge in [-0.15, -0.1) is 0 Å². The van der Waals surface area contributed by atoms with Gasteiger partial charge in [0.15, 0.2) is 5.78 Å². The maximum absolute atomic E-state index is 14.1. The summed E-state index contributed by atoms with van der Waals surface area (Å²) in [5, 5.41) is 12.6. The van der Waals surface area contributed by atoms with Crippen LogP contribution < -0.4 is 5.32 Å². The minimum Gasteiger partial charge on any atom is -0.508 e. The number of hydrogen-bond donors (Lipinski definition) is 2. The molecule has 2 amide bonds. The number of hydrogen-bond acceptors (Lipinski definition) is 7. The lowest BCUT2D eigenvalue weighted by molar-refractivity contribution is -0.138. The van der Waals surface area contributed by atoms with Gasteiger partial charge in [0, 0.05) is 24.7 Å². The molecule has 1 aromatic heterocycles. The molecular formula is C34H32N4O6S. The van der Waals surface area contributed by atoms with Crippen LogP contribution in [0.2, 0.25) is 0 Å². The lowest BCUT2D eigenvalue weighted by atomic mass is 10.0. The van der Waals surface area contributed by atoms with Gasteiger partial charge in [0.1, 0.15) is 23.6 Å². The number of nitrogens with one attached hydrogen (secondary N) is 1. The first kappa shape index (κ1) is 30.2. The third-order valence-electron chi connectivity index (χ3n) is 8.31. The molecule has 3 atom stereocenters. The molecule has 10 nitrogen and oxygen atoms in total. The SMILES string of the molecule is O=C(NC(Cc1ccc(O)cc1)C(=O)N1CCC2C1C(=O)CN2S(=O)(=O)Cc1ccccn1)c1ccc(-c2ccccc2)cc1. The quantitative estimate of drug-likeness (QED) is 0.292. The molecule has 3 heterocycles. The highest BCUT2D eigenvalue weighted by molar-refractivity contribution is 7.88. The molecule has 2 N–H and O–H groups in total. The van der Waals surface area contributed by atoms with Crippen LogP contribution in [-0.2, 0) is 31.8 Å². The fourth-order valence-corrected chi connectivity index (χ4v) is 7.76. The average molecular weight is 625 g/mol. The Balaban J connectivity index is 1.22. The Morgan fingerprint density at radius 3 is 2.29 bits per heavy atom. The molecule has 3 aromatic carbocycles. The monoisotopic (exact) mass is 624 g/mol. The van der Waals surface area contributed by atoms with Crippen molar-refractivity contribution in [3.05, 3.63) is 120 Å². The largest absolute Gasteiger partial charge is 0.508 e. The fraction of sp³-hybridized carbons (Fsp3) is 0.235. The number of amides is 2. The zero-order chi connectivity index (χ0) is 31.6. The first-order valence-electron chi connectivity index (χ1n) is 14.7. The van der Waals surface area contributed by atoms with Gasteiger partial charge in [0.2, 0.25) is 15.9 Å². The van der Waals surface area contributed by atoms with Crippen LogP contribution in [0.5, 0.6) is 5.75 Å². The molecule has 3 unspecified atom stereocenters. The van der Waals surface area contributed by atoms with E-state index in [1.54, 1.807) is 42.5 Å². The van der Waals surface area contributed by atoms with Crippen molar-refractivity contribution in [2.24, 2.45) is 0 Å². The van der Waals surface area contributed by atoms with Crippen molar-refractivity contribution in [1.29, 1.82) is 0 Å². The number of phenols is 1. The first-order valence-corrected chi connectivity index (χ1v) is 16.3. The number of nitrogens with zero attached hydrogens (tertiary/aromatic N) is 3. The van der Waals surface area contributed by atoms with Crippen LogP contribution in [0.3, 0.4) is 0 Å². The number of carbonyl (C=O) groups excluding carboxylic acids is 3. The van der Waals surface area contributed by atoms with Crippen molar-refractivity contribution in [2.45, 2.75) is 36.7 Å². The predicted octanol–water partition coefficient (Wildman–Crippen LogP) is 3.18. The zero-order valence-electron chi connectivity index (χ0n) is 24.3. The molecule has 2 saturated heterocycles. The topological polar surface area (TPSA) is 137 Å². The Kier molecular flexibility index (Phi) is 8.46. The van der Waals surface area contributed by atoms with Gasteiger partial charge >= 0.3 is 0 Å². The molecule has 0 bridgehead atoms. The summed E-state index contributed by atoms with van der Waals surface area (Å²) in [6.45, 7) is -0.153. The van der Waals surface area contributed by atoms with Crippen LogP contribution in [0.1, 0.15) is 28.0 Å². The zero-order valence-corrected chi connectivity index (χ0v) is 25.1. The second-order valence-electron chi connectivity index (χ2n) is 11.3. The molecule has 0 radical (unpaired) electrons. The Morgan fingerprint density at radius 2 is 1.60 bits per heavy atom. The standard InChI is InChI=1S/C34H32N4O6S/c39-28-15-9-23(10-16-28)20-29(36-33(41)26-13-11-25(12-14-26)24-6-2-1-3-7-24)34(42)37-19-17-30-32(37)31(40)21-38(30)45(43,44)22-27-8-4-5-18-35-27/h1-16,18,29-30,32,39H,17,19-22H2,(H,36,41). The summed E-state index contributed by atoms with van der Waals surface area (Å²) in [7, 11) is -3.88. The number of rotatable bonds is 9. The van der Waals surface area contributed by atoms with E-state index < -0.39 is 40.0 Å². The number of phenolic OH excluding ortho intramolecular Hbond substituents is 1. The molecule has 45 heavy (non-hydrogen) atoms. The van der Waals surface area contributed by atoms with Gasteiger partial charge in [-0.1, -0.05) is 60.7 Å². The number of likely N-dealkylation sites (tertiary alicyclic amines) is 1. The number of fused-ring (bicyclic) bond motifs is 1. The summed E-state index contributed by atoms with van der Waals surface area (Å²) in [5.41, 5.74) is 3.37. The van der Waals surface area contributed by atoms with Crippen molar-refractivity contribution in [3.8, 4) is 16.9 Å². The Morgan fingerprint density at radius 1 is 0.911 bits per heavy atom. The number of pyridine rings is 1. The molecule has 6 rings (SSSR count). The number of aromatic nitrogens is 1. The van der Waals surface area contributed by atoms with E-state index in [-0.39, 0.29) is 36.8 Å². The van der Waals surface area contributed by atoms with Crippen LogP contribution in [0.25, 0.3) is 11.1 Å². The van der Waals surface area contributed by atoms with Gasteiger partial charge in [-0.25, -0.2) is 8.42 Å². The minimum atomic E-state index is -3.88. The summed E-state index contributed by atoms with van der Waals surface area (Å²) < 4.78 is 27.9. The van der Waals surface area contributed by atoms with E-state index in [2.05, 4.69) is 10.3 Å². The van der Waals surface area contributed by atoms with Gasteiger partial charge in [-0.05, 0) is 59.5 Å². The van der Waals surface area contributed by atoms with Gasteiger partial charge in [0.25, 0.3) is 5.91 Å². The van der Waals surface area contributed by atoms with E-state index in [1.807, 2.05) is 42.5 Å². The molecule has 2 aliphatic heterocycles. The first-order chi connectivity index (χ1) is 21.7. The number of sulfonamides is 1. The van der Waals surface area contributed by atoms with Crippen LogP contribution >= 0.6 is 0 Å². The number of aromatic hydroxyl groups is 1. The van der Waals surface area contributed by atoms with Crippen LogP contribution in [0.4, 0.5) is 0 Å². The number of ketones is 1. The third kappa shape index (κ3) is 6.50. The van der Waals surface area contributed by atoms with Crippen molar-refractivity contribution in [1.82, 2.24) is 19.5 Å². The normalized spacial score (nSPS) is 18.8. The molecule has 230 valence electrons. The highest BCUT2D eigenvalue weighted by Gasteiger charge is 2.54. The fourth-order valence-electron chi connectivity index (χ4n) is 6.09. The lowest BCUT2D eigenvalue weighted by Gasteiger charge is -2.28. The molecule has 0 spiro atoms. The predicted molar refractivity (Wildman–Crippen MR) is 167 cm³/mol. The van der Waals surface area contributed by atoms with Gasteiger partial charge < -0.3 is 15.3 Å². The third-order valence-corrected chi connectivity index (χ3v) is 10.1. The van der Waals surface area contributed by atoms with E-state index in [0.717, 1.165) is 11.1 Å². The maximum Gasteiger partial charge on any atom is 0.251 e. The van der Waals surface area contributed by atoms with E-state index in [0.29, 0.717) is 23.2 Å². The number of benzene rings is 3. The highest BCUT2D eigenvalue weighted by atomic mass is 32.2. The van der Waals surface area contributed by atoms with E-state index >= 15 is 0 Å². The van der Waals surface area contributed by atoms with Crippen molar-refractivity contribution >= 4 is 27.6 Å². The smallest absolute Gasteiger partial charge is 0.251 e. The van der Waals surface area contributed by atoms with Gasteiger partial charge in [-0.3, -0.25) is 19.4 Å². The van der Waals surface area contributed by atoms with Crippen molar-refractivity contribution < 1.29 is 27.9 Å². The minimum absolute atomic E-state index is 0.0649. The maximum atomic E-state index is 14.1. The van der Waals surface area contributed by atoms with E-state index in [9.17, 15) is 27.9 Å².